The van der Waals surface area contributed by atoms with Crippen molar-refractivity contribution in [3.8, 4) is 5.75 Å². The van der Waals surface area contributed by atoms with Crippen LogP contribution in [0.1, 0.15) is 33.5 Å². The number of methoxy groups -OCH3 is 1. The molecule has 0 bridgehead atoms. The van der Waals surface area contributed by atoms with Crippen LogP contribution in [-0.4, -0.2) is 27.6 Å². The average Bonchev–Trinajstić information content (AvgIpc) is 3.32. The van der Waals surface area contributed by atoms with Crippen molar-refractivity contribution in [3.05, 3.63) is 83.6 Å². The lowest BCUT2D eigenvalue weighted by Gasteiger charge is -2.19. The van der Waals surface area contributed by atoms with Gasteiger partial charge in [-0.15, -0.1) is 0 Å². The molecule has 6 nitrogen and oxygen atoms in total. The number of H-pyrrole nitrogens is 1. The third kappa shape index (κ3) is 3.36. The molecule has 0 spiro atoms. The Hall–Kier alpha value is -3.54. The Kier molecular flexibility index (Phi) is 4.61. The zero-order valence-electron chi connectivity index (χ0n) is 16.1. The lowest BCUT2D eigenvalue weighted by molar-refractivity contribution is 0.0937. The first-order chi connectivity index (χ1) is 13.5. The Morgan fingerprint density at radius 2 is 1.96 bits per heavy atom. The topological polar surface area (TPSA) is 71.9 Å². The second-order valence-electron chi connectivity index (χ2n) is 6.85. The number of hydrogen-bond donors (Lipinski definition) is 2. The fourth-order valence-electron chi connectivity index (χ4n) is 3.33. The van der Waals surface area contributed by atoms with Crippen LogP contribution in [0, 0.1) is 6.92 Å². The van der Waals surface area contributed by atoms with Crippen molar-refractivity contribution in [2.45, 2.75) is 13.0 Å². The van der Waals surface area contributed by atoms with E-state index >= 15 is 0 Å². The number of nitrogens with zero attached hydrogens (tertiary/aromatic N) is 2. The molecule has 0 fully saturated rings. The van der Waals surface area contributed by atoms with Gasteiger partial charge in [-0.1, -0.05) is 23.8 Å². The lowest BCUT2D eigenvalue weighted by atomic mass is 10.1. The second-order valence-corrected chi connectivity index (χ2v) is 6.85. The first-order valence-corrected chi connectivity index (χ1v) is 9.06. The predicted molar refractivity (Wildman–Crippen MR) is 109 cm³/mol. The number of nitrogens with one attached hydrogen (secondary N) is 2. The Morgan fingerprint density at radius 1 is 1.18 bits per heavy atom. The number of ether oxygens (including phenoxy) is 1. The molecule has 0 radical (unpaired) electrons. The van der Waals surface area contributed by atoms with E-state index in [2.05, 4.69) is 21.4 Å². The van der Waals surface area contributed by atoms with Crippen molar-refractivity contribution in [3.63, 3.8) is 0 Å². The maximum atomic E-state index is 13.0. The molecule has 28 heavy (non-hydrogen) atoms. The van der Waals surface area contributed by atoms with E-state index in [0.717, 1.165) is 33.6 Å². The van der Waals surface area contributed by atoms with Crippen LogP contribution in [0.25, 0.3) is 10.9 Å². The zero-order chi connectivity index (χ0) is 19.7. The number of aryl methyl sites for hydroxylation is 2. The minimum Gasteiger partial charge on any atom is -0.497 e. The smallest absolute Gasteiger partial charge is 0.268 e. The molecular formula is C22H22N4O2. The van der Waals surface area contributed by atoms with E-state index in [1.54, 1.807) is 13.3 Å². The number of rotatable bonds is 5. The minimum absolute atomic E-state index is 0.183. The number of carbonyl (C=O) groups excluding carboxylic acids is 1. The van der Waals surface area contributed by atoms with E-state index < -0.39 is 0 Å². The highest BCUT2D eigenvalue weighted by Gasteiger charge is 2.22. The largest absolute Gasteiger partial charge is 0.497 e. The molecular weight excluding hydrogens is 352 g/mol. The Labute approximate surface area is 163 Å². The molecule has 0 aliphatic rings. The van der Waals surface area contributed by atoms with Gasteiger partial charge in [0, 0.05) is 30.3 Å². The van der Waals surface area contributed by atoms with Gasteiger partial charge in [0.25, 0.3) is 5.91 Å². The van der Waals surface area contributed by atoms with Crippen molar-refractivity contribution < 1.29 is 9.53 Å². The van der Waals surface area contributed by atoms with E-state index in [9.17, 15) is 4.79 Å². The Balaban J connectivity index is 1.67. The monoisotopic (exact) mass is 374 g/mol. The van der Waals surface area contributed by atoms with Crippen molar-refractivity contribution in [1.82, 2.24) is 19.9 Å². The van der Waals surface area contributed by atoms with Crippen molar-refractivity contribution >= 4 is 16.8 Å². The summed E-state index contributed by atoms with van der Waals surface area (Å²) in [7, 11) is 3.54. The maximum absolute atomic E-state index is 13.0. The fourth-order valence-corrected chi connectivity index (χ4v) is 3.33. The molecule has 2 aromatic carbocycles. The predicted octanol–water partition coefficient (Wildman–Crippen LogP) is 3.74. The van der Waals surface area contributed by atoms with E-state index in [1.165, 1.54) is 0 Å². The molecule has 0 unspecified atom stereocenters. The van der Waals surface area contributed by atoms with Gasteiger partial charge in [-0.05, 0) is 42.8 Å². The standard InChI is InChI=1S/C22H22N4O2/c1-14-4-9-18-16(12-14)13-19(24-18)22(27)25-20(21-23-10-11-26(21)2)15-5-7-17(28-3)8-6-15/h4-13,20,24H,1-3H3,(H,25,27)/t20-/m0/s1. The molecule has 1 amide bonds. The highest BCUT2D eigenvalue weighted by Crippen LogP contribution is 2.24. The molecule has 2 heterocycles. The van der Waals surface area contributed by atoms with Crippen LogP contribution < -0.4 is 10.1 Å². The number of aromatic nitrogens is 3. The van der Waals surface area contributed by atoms with E-state index in [4.69, 9.17) is 4.74 Å². The number of imidazole rings is 1. The SMILES string of the molecule is COc1ccc([C@H](NC(=O)c2cc3cc(C)ccc3[nH]2)c2nccn2C)cc1. The van der Waals surface area contributed by atoms with Crippen LogP contribution in [0.3, 0.4) is 0 Å². The molecule has 0 saturated heterocycles. The number of benzene rings is 2. The van der Waals surface area contributed by atoms with Crippen LogP contribution >= 0.6 is 0 Å². The van der Waals surface area contributed by atoms with E-state index in [0.29, 0.717) is 5.69 Å². The Morgan fingerprint density at radius 3 is 2.64 bits per heavy atom. The molecule has 4 rings (SSSR count). The molecule has 2 N–H and O–H groups in total. The molecule has 142 valence electrons. The lowest BCUT2D eigenvalue weighted by Crippen LogP contribution is -2.31. The van der Waals surface area contributed by atoms with Gasteiger partial charge in [0.2, 0.25) is 0 Å². The van der Waals surface area contributed by atoms with E-state index in [1.807, 2.05) is 67.2 Å². The van der Waals surface area contributed by atoms with Gasteiger partial charge in [-0.2, -0.15) is 0 Å². The van der Waals surface area contributed by atoms with Gasteiger partial charge in [-0.3, -0.25) is 4.79 Å². The van der Waals surface area contributed by atoms with Gasteiger partial charge >= 0.3 is 0 Å². The van der Waals surface area contributed by atoms with Crippen LogP contribution in [0.4, 0.5) is 0 Å². The number of amides is 1. The molecule has 2 aromatic heterocycles. The van der Waals surface area contributed by atoms with Gasteiger partial charge in [-0.25, -0.2) is 4.98 Å². The number of fused-ring (bicyclic) bond motifs is 1. The summed E-state index contributed by atoms with van der Waals surface area (Å²) in [5.41, 5.74) is 3.54. The molecule has 1 atom stereocenters. The Bertz CT molecular complexity index is 1130. The number of hydrogen-bond acceptors (Lipinski definition) is 3. The zero-order valence-corrected chi connectivity index (χ0v) is 16.1. The first kappa shape index (κ1) is 17.9. The van der Waals surface area contributed by atoms with Crippen LogP contribution in [0.2, 0.25) is 0 Å². The maximum Gasteiger partial charge on any atom is 0.268 e. The summed E-state index contributed by atoms with van der Waals surface area (Å²) in [5.74, 6) is 1.34. The van der Waals surface area contributed by atoms with Crippen LogP contribution in [0.5, 0.6) is 5.75 Å². The molecule has 0 aliphatic carbocycles. The van der Waals surface area contributed by atoms with Gasteiger partial charge < -0.3 is 19.6 Å². The highest BCUT2D eigenvalue weighted by atomic mass is 16.5. The fraction of sp³-hybridized carbons (Fsp3) is 0.182. The third-order valence-electron chi connectivity index (χ3n) is 4.86. The highest BCUT2D eigenvalue weighted by molar-refractivity contribution is 5.98. The molecule has 4 aromatic rings. The van der Waals surface area contributed by atoms with Crippen molar-refractivity contribution in [1.29, 1.82) is 0 Å². The number of aromatic amines is 1. The summed E-state index contributed by atoms with van der Waals surface area (Å²) in [6.07, 6.45) is 3.59. The summed E-state index contributed by atoms with van der Waals surface area (Å²) in [5, 5.41) is 4.13. The summed E-state index contributed by atoms with van der Waals surface area (Å²) in [4.78, 5) is 20.6. The minimum atomic E-state index is -0.383. The van der Waals surface area contributed by atoms with Crippen LogP contribution in [-0.2, 0) is 7.05 Å². The van der Waals surface area contributed by atoms with Crippen molar-refractivity contribution in [2.75, 3.05) is 7.11 Å². The molecule has 6 heteroatoms. The quantitative estimate of drug-likeness (QED) is 0.559. The summed E-state index contributed by atoms with van der Waals surface area (Å²) in [6, 6.07) is 15.2. The molecule has 0 aliphatic heterocycles. The van der Waals surface area contributed by atoms with E-state index in [-0.39, 0.29) is 11.9 Å². The molecule has 0 saturated carbocycles. The summed E-state index contributed by atoms with van der Waals surface area (Å²) in [6.45, 7) is 2.03. The van der Waals surface area contributed by atoms with Gasteiger partial charge in [0.05, 0.1) is 7.11 Å². The average molecular weight is 374 g/mol. The number of carbonyl (C=O) groups is 1. The van der Waals surface area contributed by atoms with Gasteiger partial charge in [0.1, 0.15) is 23.3 Å². The summed E-state index contributed by atoms with van der Waals surface area (Å²) < 4.78 is 7.15. The third-order valence-corrected chi connectivity index (χ3v) is 4.86. The summed E-state index contributed by atoms with van der Waals surface area (Å²) >= 11 is 0. The van der Waals surface area contributed by atoms with Crippen molar-refractivity contribution in [2.24, 2.45) is 7.05 Å². The second kappa shape index (κ2) is 7.23. The normalized spacial score (nSPS) is 12.1. The van der Waals surface area contributed by atoms with Crippen LogP contribution in [0.15, 0.2) is 60.9 Å². The van der Waals surface area contributed by atoms with Gasteiger partial charge in [0.15, 0.2) is 0 Å². The first-order valence-electron chi connectivity index (χ1n) is 9.06.